The molecule has 0 fully saturated rings. The monoisotopic (exact) mass is 262 g/mol. The fourth-order valence-corrected chi connectivity index (χ4v) is 1.73. The van der Waals surface area contributed by atoms with Crippen molar-refractivity contribution in [1.82, 2.24) is 20.3 Å². The molecule has 0 radical (unpaired) electrons. The van der Waals surface area contributed by atoms with Crippen LogP contribution >= 0.6 is 0 Å². The van der Waals surface area contributed by atoms with Crippen LogP contribution in [0.25, 0.3) is 11.0 Å². The number of hydrogen-bond acceptors (Lipinski definition) is 4. The van der Waals surface area contributed by atoms with Crippen LogP contribution in [0.3, 0.4) is 0 Å². The highest BCUT2D eigenvalue weighted by molar-refractivity contribution is 5.97. The van der Waals surface area contributed by atoms with E-state index >= 15 is 0 Å². The minimum atomic E-state index is -0.943. The maximum Gasteiger partial charge on any atom is 0.305 e. The van der Waals surface area contributed by atoms with Crippen molar-refractivity contribution in [2.45, 2.75) is 19.9 Å². The van der Waals surface area contributed by atoms with Gasteiger partial charge >= 0.3 is 5.97 Å². The maximum atomic E-state index is 11.8. The molecule has 0 aliphatic carbocycles. The summed E-state index contributed by atoms with van der Waals surface area (Å²) in [5, 5.41) is 19.0. The molecule has 0 aliphatic heterocycles. The lowest BCUT2D eigenvalue weighted by molar-refractivity contribution is -0.136. The first-order valence-corrected chi connectivity index (χ1v) is 5.95. The summed E-state index contributed by atoms with van der Waals surface area (Å²) in [7, 11) is 0. The quantitative estimate of drug-likeness (QED) is 0.824. The van der Waals surface area contributed by atoms with E-state index in [4.69, 9.17) is 5.11 Å². The zero-order valence-corrected chi connectivity index (χ0v) is 10.5. The molecule has 0 unspecified atom stereocenters. The topological polar surface area (TPSA) is 97.1 Å². The molecule has 1 amide bonds. The molecule has 19 heavy (non-hydrogen) atoms. The Bertz CT molecular complexity index is 620. The molecule has 2 rings (SSSR count). The molecule has 0 atom stereocenters. The Morgan fingerprint density at radius 2 is 2.21 bits per heavy atom. The lowest BCUT2D eigenvalue weighted by Gasteiger charge is -2.03. The molecule has 7 nitrogen and oxygen atoms in total. The number of carboxylic acids is 1. The highest BCUT2D eigenvalue weighted by Crippen LogP contribution is 2.13. The molecule has 2 N–H and O–H groups in total. The second-order valence-corrected chi connectivity index (χ2v) is 4.01. The standard InChI is InChI=1S/C12H14N4O3/c1-2-16-10-4-3-8(7-9(10)14-15-16)12(19)13-6-5-11(17)18/h3-4,7H,2,5-6H2,1H3,(H,13,19)(H,17,18). The van der Waals surface area contributed by atoms with Crippen molar-refractivity contribution in [3.05, 3.63) is 23.8 Å². The Balaban J connectivity index is 2.12. The van der Waals surface area contributed by atoms with E-state index in [1.807, 2.05) is 6.92 Å². The van der Waals surface area contributed by atoms with Gasteiger partial charge in [0.15, 0.2) is 0 Å². The SMILES string of the molecule is CCn1nnc2cc(C(=O)NCCC(=O)O)ccc21. The smallest absolute Gasteiger partial charge is 0.305 e. The van der Waals surface area contributed by atoms with Gasteiger partial charge in [0.05, 0.1) is 11.9 Å². The Kier molecular flexibility index (Phi) is 3.74. The van der Waals surface area contributed by atoms with Gasteiger partial charge in [-0.05, 0) is 25.1 Å². The first kappa shape index (κ1) is 13.0. The summed E-state index contributed by atoms with van der Waals surface area (Å²) in [6.07, 6.45) is -0.0972. The van der Waals surface area contributed by atoms with E-state index in [1.165, 1.54) is 0 Å². The van der Waals surface area contributed by atoms with Crippen molar-refractivity contribution in [1.29, 1.82) is 0 Å². The Morgan fingerprint density at radius 1 is 1.42 bits per heavy atom. The third-order valence-electron chi connectivity index (χ3n) is 2.70. The number of aliphatic carboxylic acids is 1. The van der Waals surface area contributed by atoms with Crippen LogP contribution < -0.4 is 5.32 Å². The summed E-state index contributed by atoms with van der Waals surface area (Å²) in [5.74, 6) is -1.25. The minimum absolute atomic E-state index is 0.0972. The summed E-state index contributed by atoms with van der Waals surface area (Å²) >= 11 is 0. The first-order valence-electron chi connectivity index (χ1n) is 5.95. The van der Waals surface area contributed by atoms with Crippen molar-refractivity contribution in [2.75, 3.05) is 6.54 Å². The number of aryl methyl sites for hydroxylation is 1. The van der Waals surface area contributed by atoms with Gasteiger partial charge in [-0.25, -0.2) is 4.68 Å². The van der Waals surface area contributed by atoms with Crippen LogP contribution in [0, 0.1) is 0 Å². The molecule has 0 bridgehead atoms. The first-order chi connectivity index (χ1) is 9.11. The minimum Gasteiger partial charge on any atom is -0.481 e. The van der Waals surface area contributed by atoms with Gasteiger partial charge in [-0.2, -0.15) is 0 Å². The van der Waals surface area contributed by atoms with Crippen LogP contribution in [0.1, 0.15) is 23.7 Å². The van der Waals surface area contributed by atoms with E-state index in [0.717, 1.165) is 5.52 Å². The summed E-state index contributed by atoms with van der Waals surface area (Å²) in [6.45, 7) is 2.77. The average Bonchev–Trinajstić information content (AvgIpc) is 2.80. The maximum absolute atomic E-state index is 11.8. The van der Waals surface area contributed by atoms with Crippen LogP contribution in [0.2, 0.25) is 0 Å². The zero-order chi connectivity index (χ0) is 13.8. The largest absolute Gasteiger partial charge is 0.481 e. The molecular weight excluding hydrogens is 248 g/mol. The second kappa shape index (κ2) is 5.47. The number of hydrogen-bond donors (Lipinski definition) is 2. The van der Waals surface area contributed by atoms with Gasteiger partial charge in [0, 0.05) is 18.7 Å². The zero-order valence-electron chi connectivity index (χ0n) is 10.5. The summed E-state index contributed by atoms with van der Waals surface area (Å²) in [5.41, 5.74) is 1.96. The van der Waals surface area contributed by atoms with Gasteiger partial charge in [-0.1, -0.05) is 5.21 Å². The van der Waals surface area contributed by atoms with Crippen molar-refractivity contribution in [3.8, 4) is 0 Å². The molecular formula is C12H14N4O3. The highest BCUT2D eigenvalue weighted by atomic mass is 16.4. The van der Waals surface area contributed by atoms with E-state index in [1.54, 1.807) is 22.9 Å². The Hall–Kier alpha value is -2.44. The number of fused-ring (bicyclic) bond motifs is 1. The third-order valence-corrected chi connectivity index (χ3v) is 2.70. The lowest BCUT2D eigenvalue weighted by atomic mass is 10.2. The van der Waals surface area contributed by atoms with Crippen LogP contribution in [0.4, 0.5) is 0 Å². The van der Waals surface area contributed by atoms with E-state index < -0.39 is 5.97 Å². The van der Waals surface area contributed by atoms with E-state index in [9.17, 15) is 9.59 Å². The van der Waals surface area contributed by atoms with Gasteiger partial charge in [0.25, 0.3) is 5.91 Å². The third kappa shape index (κ3) is 2.87. The molecule has 0 aliphatic rings. The van der Waals surface area contributed by atoms with E-state index in [-0.39, 0.29) is 18.9 Å². The van der Waals surface area contributed by atoms with Crippen molar-refractivity contribution >= 4 is 22.9 Å². The number of carbonyl (C=O) groups is 2. The Labute approximate surface area is 109 Å². The van der Waals surface area contributed by atoms with Crippen molar-refractivity contribution < 1.29 is 14.7 Å². The van der Waals surface area contributed by atoms with Crippen LogP contribution in [0.15, 0.2) is 18.2 Å². The fraction of sp³-hybridized carbons (Fsp3) is 0.333. The van der Waals surface area contributed by atoms with E-state index in [2.05, 4.69) is 15.6 Å². The molecule has 100 valence electrons. The van der Waals surface area contributed by atoms with Crippen molar-refractivity contribution in [3.63, 3.8) is 0 Å². The van der Waals surface area contributed by atoms with Gasteiger partial charge in [-0.3, -0.25) is 9.59 Å². The Morgan fingerprint density at radius 3 is 2.89 bits per heavy atom. The second-order valence-electron chi connectivity index (χ2n) is 4.01. The molecule has 2 aromatic rings. The van der Waals surface area contributed by atoms with Crippen LogP contribution in [-0.2, 0) is 11.3 Å². The van der Waals surface area contributed by atoms with Gasteiger partial charge in [0.1, 0.15) is 5.52 Å². The van der Waals surface area contributed by atoms with Crippen molar-refractivity contribution in [2.24, 2.45) is 0 Å². The summed E-state index contributed by atoms with van der Waals surface area (Å²) < 4.78 is 1.74. The molecule has 1 aromatic carbocycles. The predicted molar refractivity (Wildman–Crippen MR) is 67.8 cm³/mol. The molecule has 0 saturated heterocycles. The number of amides is 1. The molecule has 0 saturated carbocycles. The normalized spacial score (nSPS) is 10.6. The van der Waals surface area contributed by atoms with Gasteiger partial charge in [-0.15, -0.1) is 5.10 Å². The number of carboxylic acid groups (broad SMARTS) is 1. The van der Waals surface area contributed by atoms with Crippen LogP contribution in [0.5, 0.6) is 0 Å². The number of nitrogens with one attached hydrogen (secondary N) is 1. The number of rotatable bonds is 5. The number of benzene rings is 1. The highest BCUT2D eigenvalue weighted by Gasteiger charge is 2.09. The number of carbonyl (C=O) groups excluding carboxylic acids is 1. The van der Waals surface area contributed by atoms with Gasteiger partial charge < -0.3 is 10.4 Å². The fourth-order valence-electron chi connectivity index (χ4n) is 1.73. The molecule has 1 aromatic heterocycles. The number of nitrogens with zero attached hydrogens (tertiary/aromatic N) is 3. The summed E-state index contributed by atoms with van der Waals surface area (Å²) in [4.78, 5) is 22.1. The average molecular weight is 262 g/mol. The molecule has 0 spiro atoms. The molecule has 7 heteroatoms. The van der Waals surface area contributed by atoms with Crippen LogP contribution in [-0.4, -0.2) is 38.5 Å². The number of aromatic nitrogens is 3. The molecule has 1 heterocycles. The lowest BCUT2D eigenvalue weighted by Crippen LogP contribution is -2.25. The van der Waals surface area contributed by atoms with E-state index in [0.29, 0.717) is 17.6 Å². The summed E-state index contributed by atoms with van der Waals surface area (Å²) in [6, 6.07) is 5.10. The predicted octanol–water partition coefficient (Wildman–Crippen LogP) is 0.656. The van der Waals surface area contributed by atoms with Gasteiger partial charge in [0.2, 0.25) is 0 Å².